The van der Waals surface area contributed by atoms with Crippen molar-refractivity contribution in [1.82, 2.24) is 15.2 Å². The predicted molar refractivity (Wildman–Crippen MR) is 91.3 cm³/mol. The Morgan fingerprint density at radius 3 is 3.00 bits per heavy atom. The summed E-state index contributed by atoms with van der Waals surface area (Å²) >= 11 is 1.29. The van der Waals surface area contributed by atoms with Crippen molar-refractivity contribution in [3.05, 3.63) is 53.7 Å². The van der Waals surface area contributed by atoms with Gasteiger partial charge in [-0.3, -0.25) is 15.1 Å². The lowest BCUT2D eigenvalue weighted by molar-refractivity contribution is 0.102. The number of pyridine rings is 1. The summed E-state index contributed by atoms with van der Waals surface area (Å²) in [5.41, 5.74) is 2.31. The maximum absolute atomic E-state index is 12.6. The van der Waals surface area contributed by atoms with E-state index < -0.39 is 0 Å². The van der Waals surface area contributed by atoms with Crippen molar-refractivity contribution < 1.29 is 9.53 Å². The van der Waals surface area contributed by atoms with Gasteiger partial charge < -0.3 is 4.74 Å². The molecule has 2 aromatic heterocycles. The van der Waals surface area contributed by atoms with Gasteiger partial charge in [0.25, 0.3) is 5.91 Å². The van der Waals surface area contributed by atoms with E-state index in [1.807, 2.05) is 37.3 Å². The zero-order chi connectivity index (χ0) is 16.5. The van der Waals surface area contributed by atoms with Crippen LogP contribution in [-0.2, 0) is 6.42 Å². The van der Waals surface area contributed by atoms with Crippen molar-refractivity contribution in [2.24, 2.45) is 0 Å². The van der Waals surface area contributed by atoms with E-state index in [0.29, 0.717) is 21.5 Å². The van der Waals surface area contributed by atoms with Crippen LogP contribution in [0.4, 0.5) is 5.13 Å². The van der Waals surface area contributed by atoms with Crippen LogP contribution >= 0.6 is 11.3 Å². The number of para-hydroxylation sites is 1. The topological polar surface area (TPSA) is 77.0 Å². The summed E-state index contributed by atoms with van der Waals surface area (Å²) in [4.78, 5) is 16.8. The lowest BCUT2D eigenvalue weighted by atomic mass is 10.1. The number of amides is 1. The van der Waals surface area contributed by atoms with Gasteiger partial charge in [0.2, 0.25) is 5.13 Å². The Morgan fingerprint density at radius 1 is 1.25 bits per heavy atom. The van der Waals surface area contributed by atoms with Gasteiger partial charge in [0.1, 0.15) is 17.5 Å². The average Bonchev–Trinajstić information content (AvgIpc) is 3.20. The number of hydrogen-bond acceptors (Lipinski definition) is 6. The molecule has 1 atom stereocenters. The van der Waals surface area contributed by atoms with Crippen LogP contribution in [0.25, 0.3) is 10.7 Å². The fourth-order valence-corrected chi connectivity index (χ4v) is 3.36. The highest BCUT2D eigenvalue weighted by atomic mass is 32.1. The molecule has 3 aromatic rings. The Morgan fingerprint density at radius 2 is 2.17 bits per heavy atom. The summed E-state index contributed by atoms with van der Waals surface area (Å²) in [6.07, 6.45) is 2.60. The lowest BCUT2D eigenvalue weighted by Crippen LogP contribution is -2.13. The van der Waals surface area contributed by atoms with Crippen LogP contribution in [0.2, 0.25) is 0 Å². The van der Waals surface area contributed by atoms with Crippen LogP contribution in [0, 0.1) is 0 Å². The number of rotatable bonds is 3. The maximum atomic E-state index is 12.6. The number of carbonyl (C=O) groups is 1. The van der Waals surface area contributed by atoms with E-state index in [4.69, 9.17) is 4.74 Å². The largest absolute Gasteiger partial charge is 0.489 e. The Bertz CT molecular complexity index is 895. The van der Waals surface area contributed by atoms with Gasteiger partial charge in [-0.05, 0) is 30.7 Å². The van der Waals surface area contributed by atoms with Gasteiger partial charge in [0.15, 0.2) is 5.01 Å². The Balaban J connectivity index is 1.56. The van der Waals surface area contributed by atoms with E-state index in [1.54, 1.807) is 12.3 Å². The molecule has 0 spiro atoms. The normalized spacial score (nSPS) is 15.6. The smallest absolute Gasteiger partial charge is 0.261 e. The second kappa shape index (κ2) is 6.01. The van der Waals surface area contributed by atoms with Crippen LogP contribution in [-0.4, -0.2) is 27.2 Å². The molecule has 120 valence electrons. The molecule has 0 bridgehead atoms. The molecule has 0 aliphatic carbocycles. The first-order valence-corrected chi connectivity index (χ1v) is 8.37. The Labute approximate surface area is 142 Å². The number of carbonyl (C=O) groups excluding carboxylic acids is 1. The molecule has 0 fully saturated rings. The van der Waals surface area contributed by atoms with Crippen LogP contribution in [0.5, 0.6) is 5.75 Å². The summed E-state index contributed by atoms with van der Waals surface area (Å²) in [6.45, 7) is 1.99. The molecule has 0 saturated carbocycles. The summed E-state index contributed by atoms with van der Waals surface area (Å²) in [5.74, 6) is 0.418. The molecule has 1 aliphatic rings. The standard InChI is InChI=1S/C17H14N4O2S/c1-10-9-11-5-4-6-12(14(11)23-10)15(22)19-17-21-20-16(24-17)13-7-2-3-8-18-13/h2-8,10H,9H2,1H3,(H,19,21,22). The van der Waals surface area contributed by atoms with E-state index in [9.17, 15) is 4.79 Å². The van der Waals surface area contributed by atoms with Crippen molar-refractivity contribution in [2.45, 2.75) is 19.4 Å². The zero-order valence-corrected chi connectivity index (χ0v) is 13.7. The van der Waals surface area contributed by atoms with E-state index in [0.717, 1.165) is 17.7 Å². The molecule has 1 N–H and O–H groups in total. The average molecular weight is 338 g/mol. The van der Waals surface area contributed by atoms with Crippen LogP contribution in [0.3, 0.4) is 0 Å². The molecule has 0 radical (unpaired) electrons. The molecular formula is C17H14N4O2S. The number of anilines is 1. The molecule has 0 saturated heterocycles. The quantitative estimate of drug-likeness (QED) is 0.794. The van der Waals surface area contributed by atoms with Crippen LogP contribution in [0.1, 0.15) is 22.8 Å². The molecular weight excluding hydrogens is 324 g/mol. The first-order valence-electron chi connectivity index (χ1n) is 7.55. The first-order chi connectivity index (χ1) is 11.7. The fraction of sp³-hybridized carbons (Fsp3) is 0.176. The maximum Gasteiger partial charge on any atom is 0.261 e. The van der Waals surface area contributed by atoms with E-state index in [2.05, 4.69) is 20.5 Å². The predicted octanol–water partition coefficient (Wildman–Crippen LogP) is 3.18. The highest BCUT2D eigenvalue weighted by molar-refractivity contribution is 7.18. The van der Waals surface area contributed by atoms with Gasteiger partial charge in [0.05, 0.1) is 5.56 Å². The van der Waals surface area contributed by atoms with Gasteiger partial charge in [-0.2, -0.15) is 0 Å². The molecule has 1 aromatic carbocycles. The Kier molecular flexibility index (Phi) is 3.70. The third-order valence-corrected chi connectivity index (χ3v) is 4.56. The molecule has 1 aliphatic heterocycles. The lowest BCUT2D eigenvalue weighted by Gasteiger charge is -2.08. The molecule has 3 heterocycles. The number of nitrogens with zero attached hydrogens (tertiary/aromatic N) is 3. The molecule has 24 heavy (non-hydrogen) atoms. The molecule has 6 nitrogen and oxygen atoms in total. The van der Waals surface area contributed by atoms with E-state index in [-0.39, 0.29) is 12.0 Å². The number of benzene rings is 1. The number of aromatic nitrogens is 3. The summed E-state index contributed by atoms with van der Waals surface area (Å²) in [6, 6.07) is 11.2. The van der Waals surface area contributed by atoms with Gasteiger partial charge in [0, 0.05) is 12.6 Å². The van der Waals surface area contributed by atoms with Crippen LogP contribution in [0.15, 0.2) is 42.6 Å². The number of nitrogens with one attached hydrogen (secondary N) is 1. The van der Waals surface area contributed by atoms with Gasteiger partial charge in [-0.25, -0.2) is 0 Å². The second-order valence-electron chi connectivity index (χ2n) is 5.51. The second-order valence-corrected chi connectivity index (χ2v) is 6.49. The molecule has 4 rings (SSSR count). The van der Waals surface area contributed by atoms with Crippen molar-refractivity contribution in [3.63, 3.8) is 0 Å². The number of ether oxygens (including phenoxy) is 1. The third kappa shape index (κ3) is 2.74. The van der Waals surface area contributed by atoms with Crippen molar-refractivity contribution >= 4 is 22.4 Å². The minimum Gasteiger partial charge on any atom is -0.489 e. The minimum atomic E-state index is -0.246. The molecule has 1 unspecified atom stereocenters. The fourth-order valence-electron chi connectivity index (χ4n) is 2.65. The first kappa shape index (κ1) is 14.8. The summed E-state index contributed by atoms with van der Waals surface area (Å²) in [7, 11) is 0. The van der Waals surface area contributed by atoms with Gasteiger partial charge >= 0.3 is 0 Å². The number of fused-ring (bicyclic) bond motifs is 1. The monoisotopic (exact) mass is 338 g/mol. The van der Waals surface area contributed by atoms with Crippen molar-refractivity contribution in [3.8, 4) is 16.5 Å². The third-order valence-electron chi connectivity index (χ3n) is 3.70. The summed E-state index contributed by atoms with van der Waals surface area (Å²) < 4.78 is 5.77. The number of hydrogen-bond donors (Lipinski definition) is 1. The van der Waals surface area contributed by atoms with Gasteiger partial charge in [-0.15, -0.1) is 10.2 Å². The molecule has 7 heteroatoms. The van der Waals surface area contributed by atoms with E-state index in [1.165, 1.54) is 11.3 Å². The highest BCUT2D eigenvalue weighted by Gasteiger charge is 2.25. The highest BCUT2D eigenvalue weighted by Crippen LogP contribution is 2.33. The van der Waals surface area contributed by atoms with Crippen molar-refractivity contribution in [2.75, 3.05) is 5.32 Å². The Hall–Kier alpha value is -2.80. The van der Waals surface area contributed by atoms with Crippen molar-refractivity contribution in [1.29, 1.82) is 0 Å². The van der Waals surface area contributed by atoms with E-state index >= 15 is 0 Å². The van der Waals surface area contributed by atoms with Crippen LogP contribution < -0.4 is 10.1 Å². The van der Waals surface area contributed by atoms with Gasteiger partial charge in [-0.1, -0.05) is 29.5 Å². The SMILES string of the molecule is CC1Cc2cccc(C(=O)Nc3nnc(-c4ccccn4)s3)c2O1. The molecule has 1 amide bonds. The zero-order valence-electron chi connectivity index (χ0n) is 12.9. The minimum absolute atomic E-state index is 0.0891. The summed E-state index contributed by atoms with van der Waals surface area (Å²) in [5, 5.41) is 12.0.